The molecule has 0 unspecified atom stereocenters. The molecule has 0 amide bonds. The first-order valence-electron chi connectivity index (χ1n) is 12.9. The molecule has 0 spiro atoms. The number of carbonyl (C=O) groups excluding carboxylic acids is 1. The summed E-state index contributed by atoms with van der Waals surface area (Å²) in [6.45, 7) is 8.30. The molecule has 7 heteroatoms. The van der Waals surface area contributed by atoms with Crippen LogP contribution in [0.2, 0.25) is 0 Å². The molecule has 5 rings (SSSR count). The lowest BCUT2D eigenvalue weighted by molar-refractivity contribution is -0.138. The van der Waals surface area contributed by atoms with Gasteiger partial charge in [0.1, 0.15) is 0 Å². The summed E-state index contributed by atoms with van der Waals surface area (Å²) < 4.78 is 8.71. The molecular weight excluding hydrogens is 572 g/mol. The lowest BCUT2D eigenvalue weighted by atomic mass is 9.91. The van der Waals surface area contributed by atoms with Crippen molar-refractivity contribution in [3.8, 4) is 0 Å². The van der Waals surface area contributed by atoms with E-state index in [2.05, 4.69) is 41.9 Å². The van der Waals surface area contributed by atoms with Crippen molar-refractivity contribution in [2.75, 3.05) is 6.61 Å². The van der Waals surface area contributed by atoms with Gasteiger partial charge in [-0.3, -0.25) is 9.36 Å². The van der Waals surface area contributed by atoms with Crippen LogP contribution in [0.15, 0.2) is 92.6 Å². The van der Waals surface area contributed by atoms with Gasteiger partial charge in [-0.25, -0.2) is 9.79 Å². The summed E-state index contributed by atoms with van der Waals surface area (Å²) in [5, 5.41) is 0. The van der Waals surface area contributed by atoms with Crippen molar-refractivity contribution in [3.63, 3.8) is 0 Å². The van der Waals surface area contributed by atoms with Crippen molar-refractivity contribution >= 4 is 45.0 Å². The number of fused-ring (bicyclic) bond motifs is 1. The molecule has 1 atom stereocenters. The largest absolute Gasteiger partial charge is 0.463 e. The minimum Gasteiger partial charge on any atom is -0.463 e. The Labute approximate surface area is 240 Å². The third-order valence-electron chi connectivity index (χ3n) is 6.79. The molecule has 198 valence electrons. The van der Waals surface area contributed by atoms with Crippen molar-refractivity contribution in [3.05, 3.63) is 130 Å². The molecule has 1 aliphatic rings. The van der Waals surface area contributed by atoms with Gasteiger partial charge >= 0.3 is 5.97 Å². The first-order chi connectivity index (χ1) is 18.8. The number of nitrogens with zero attached hydrogens (tertiary/aromatic N) is 2. The molecule has 5 nitrogen and oxygen atoms in total. The third kappa shape index (κ3) is 5.34. The molecule has 2 heterocycles. The van der Waals surface area contributed by atoms with E-state index in [1.165, 1.54) is 16.9 Å². The van der Waals surface area contributed by atoms with Crippen molar-refractivity contribution in [2.24, 2.45) is 4.99 Å². The smallest absolute Gasteiger partial charge is 0.338 e. The predicted octanol–water partition coefficient (Wildman–Crippen LogP) is 6.13. The van der Waals surface area contributed by atoms with Crippen molar-refractivity contribution in [2.45, 2.75) is 39.7 Å². The number of rotatable bonds is 6. The molecule has 39 heavy (non-hydrogen) atoms. The Bertz CT molecular complexity index is 1750. The van der Waals surface area contributed by atoms with Crippen LogP contribution < -0.4 is 14.9 Å². The summed E-state index contributed by atoms with van der Waals surface area (Å²) in [6, 6.07) is 23.0. The Morgan fingerprint density at radius 1 is 1.10 bits per heavy atom. The summed E-state index contributed by atoms with van der Waals surface area (Å²) in [5.74, 6) is -0.121. The van der Waals surface area contributed by atoms with Crippen LogP contribution >= 0.6 is 27.3 Å². The van der Waals surface area contributed by atoms with Gasteiger partial charge in [0.25, 0.3) is 5.56 Å². The van der Waals surface area contributed by atoms with Gasteiger partial charge in [-0.15, -0.1) is 0 Å². The maximum atomic E-state index is 14.0. The number of esters is 1. The maximum absolute atomic E-state index is 14.0. The van der Waals surface area contributed by atoms with Crippen LogP contribution in [0.1, 0.15) is 60.5 Å². The quantitative estimate of drug-likeness (QED) is 0.250. The number of aryl methyl sites for hydroxylation is 1. The summed E-state index contributed by atoms with van der Waals surface area (Å²) in [7, 11) is 0. The van der Waals surface area contributed by atoms with Gasteiger partial charge < -0.3 is 4.74 Å². The number of hydrogen-bond donors (Lipinski definition) is 0. The highest BCUT2D eigenvalue weighted by Gasteiger charge is 2.35. The third-order valence-corrected chi connectivity index (χ3v) is 8.62. The second-order valence-corrected chi connectivity index (χ2v) is 11.6. The lowest BCUT2D eigenvalue weighted by Gasteiger charge is -2.26. The molecular formula is C32H29BrN2O3S. The van der Waals surface area contributed by atoms with Crippen LogP contribution in [0.25, 0.3) is 11.8 Å². The van der Waals surface area contributed by atoms with Crippen molar-refractivity contribution in [1.29, 1.82) is 0 Å². The predicted molar refractivity (Wildman–Crippen MR) is 160 cm³/mol. The molecule has 1 aromatic heterocycles. The summed E-state index contributed by atoms with van der Waals surface area (Å²) >= 11 is 4.91. The molecule has 1 aliphatic heterocycles. The molecule has 0 saturated carbocycles. The fourth-order valence-electron chi connectivity index (χ4n) is 4.67. The average molecular weight is 602 g/mol. The Hall–Kier alpha value is -3.55. The summed E-state index contributed by atoms with van der Waals surface area (Å²) in [4.78, 5) is 33.0. The van der Waals surface area contributed by atoms with E-state index in [1.807, 2.05) is 73.7 Å². The Morgan fingerprint density at radius 2 is 1.82 bits per heavy atom. The Balaban J connectivity index is 1.81. The maximum Gasteiger partial charge on any atom is 0.338 e. The highest BCUT2D eigenvalue weighted by atomic mass is 79.9. The minimum absolute atomic E-state index is 0.192. The fraction of sp³-hybridized carbons (Fsp3) is 0.219. The number of aromatic nitrogens is 1. The molecule has 0 fully saturated rings. The van der Waals surface area contributed by atoms with E-state index in [0.29, 0.717) is 26.5 Å². The van der Waals surface area contributed by atoms with E-state index >= 15 is 0 Å². The zero-order valence-electron chi connectivity index (χ0n) is 22.3. The molecule has 0 radical (unpaired) electrons. The number of halogens is 1. The Kier molecular flexibility index (Phi) is 7.82. The van der Waals surface area contributed by atoms with E-state index in [9.17, 15) is 9.59 Å². The van der Waals surface area contributed by atoms with E-state index in [0.717, 1.165) is 26.7 Å². The van der Waals surface area contributed by atoms with Gasteiger partial charge in [0.05, 0.1) is 28.5 Å². The van der Waals surface area contributed by atoms with Gasteiger partial charge in [0.2, 0.25) is 0 Å². The molecule has 0 aliphatic carbocycles. The monoisotopic (exact) mass is 600 g/mol. The second kappa shape index (κ2) is 11.3. The average Bonchev–Trinajstić information content (AvgIpc) is 3.24. The molecule has 0 saturated heterocycles. The second-order valence-electron chi connectivity index (χ2n) is 9.76. The number of hydrogen-bond acceptors (Lipinski definition) is 5. The van der Waals surface area contributed by atoms with Gasteiger partial charge in [-0.1, -0.05) is 108 Å². The van der Waals surface area contributed by atoms with E-state index in [4.69, 9.17) is 9.73 Å². The van der Waals surface area contributed by atoms with Crippen molar-refractivity contribution < 1.29 is 9.53 Å². The van der Waals surface area contributed by atoms with Crippen molar-refractivity contribution in [1.82, 2.24) is 4.57 Å². The standard InChI is InChI=1S/C32H29BrN2O3S/c1-5-38-31(37)27-28(23-9-7-6-8-10-23)34-32-35(29(27)24-15-13-22(14-16-24)19(2)3)30(36)26(39-32)18-21-12-11-20(4)25(33)17-21/h6-19,29H,5H2,1-4H3/b26-18-/t29-/m1/s1. The van der Waals surface area contributed by atoms with Crippen LogP contribution in [-0.2, 0) is 9.53 Å². The topological polar surface area (TPSA) is 60.7 Å². The van der Waals surface area contributed by atoms with E-state index < -0.39 is 12.0 Å². The van der Waals surface area contributed by atoms with Crippen LogP contribution in [0.5, 0.6) is 0 Å². The molecule has 3 aromatic carbocycles. The Morgan fingerprint density at radius 3 is 2.46 bits per heavy atom. The fourth-order valence-corrected chi connectivity index (χ4v) is 6.07. The number of thiazole rings is 1. The number of benzene rings is 3. The zero-order chi connectivity index (χ0) is 27.7. The normalized spacial score (nSPS) is 15.3. The van der Waals surface area contributed by atoms with Gasteiger partial charge in [0, 0.05) is 10.0 Å². The highest BCUT2D eigenvalue weighted by Crippen LogP contribution is 2.35. The number of carbonyl (C=O) groups is 1. The van der Waals surface area contributed by atoms with E-state index in [-0.39, 0.29) is 12.2 Å². The van der Waals surface area contributed by atoms with Crippen LogP contribution in [0.3, 0.4) is 0 Å². The molecule has 0 bridgehead atoms. The van der Waals surface area contributed by atoms with Gasteiger partial charge in [-0.2, -0.15) is 0 Å². The zero-order valence-corrected chi connectivity index (χ0v) is 24.7. The SMILES string of the molecule is CCOC(=O)C1=C(c2ccccc2)N=c2s/c(=C\c3ccc(C)c(Br)c3)c(=O)n2[C@@H]1c1ccc(C(C)C)cc1. The van der Waals surface area contributed by atoms with Crippen LogP contribution in [-0.4, -0.2) is 17.1 Å². The first-order valence-corrected chi connectivity index (χ1v) is 14.5. The number of ether oxygens (including phenoxy) is 1. The molecule has 4 aromatic rings. The highest BCUT2D eigenvalue weighted by molar-refractivity contribution is 9.10. The van der Waals surface area contributed by atoms with Gasteiger partial charge in [-0.05, 0) is 54.2 Å². The molecule has 0 N–H and O–H groups in total. The van der Waals surface area contributed by atoms with Crippen LogP contribution in [0, 0.1) is 6.92 Å². The summed E-state index contributed by atoms with van der Waals surface area (Å²) in [5.41, 5.74) is 5.52. The lowest BCUT2D eigenvalue weighted by Crippen LogP contribution is -2.40. The van der Waals surface area contributed by atoms with Gasteiger partial charge in [0.15, 0.2) is 4.80 Å². The summed E-state index contributed by atoms with van der Waals surface area (Å²) in [6.07, 6.45) is 1.88. The van der Waals surface area contributed by atoms with E-state index in [1.54, 1.807) is 11.5 Å². The van der Waals surface area contributed by atoms with Crippen LogP contribution in [0.4, 0.5) is 0 Å². The first kappa shape index (κ1) is 27.0. The minimum atomic E-state index is -0.677.